The molecule has 0 aliphatic heterocycles. The summed E-state index contributed by atoms with van der Waals surface area (Å²) in [6, 6.07) is 0. The first-order valence-corrected chi connectivity index (χ1v) is 3.36. The van der Waals surface area contributed by atoms with Crippen LogP contribution in [0.1, 0.15) is 0 Å². The lowest BCUT2D eigenvalue weighted by Crippen LogP contribution is -2.35. The Kier molecular flexibility index (Phi) is 5.85. The van der Waals surface area contributed by atoms with E-state index in [-0.39, 0.29) is 0 Å². The Morgan fingerprint density at radius 3 is 1.23 bits per heavy atom. The van der Waals surface area contributed by atoms with Crippen molar-refractivity contribution in [3.05, 3.63) is 0 Å². The number of ether oxygens (including phenoxy) is 1. The van der Waals surface area contributed by atoms with Crippen LogP contribution in [-0.4, -0.2) is 38.4 Å². The Morgan fingerprint density at radius 1 is 0.769 bits per heavy atom. The average molecular weight is 210 g/mol. The zero-order valence-corrected chi connectivity index (χ0v) is 6.40. The fraction of sp³-hybridized carbons (Fsp3) is 1.00. The molecule has 0 aliphatic rings. The molecule has 0 bridgehead atoms. The maximum Gasteiger partial charge on any atom is 0.266 e. The minimum atomic E-state index is -3.24. The van der Waals surface area contributed by atoms with Crippen LogP contribution >= 0.6 is 0 Å². The van der Waals surface area contributed by atoms with Crippen molar-refractivity contribution in [3.8, 4) is 0 Å². The number of hydrogen-bond acceptors (Lipinski definition) is 1. The zero-order chi connectivity index (χ0) is 10.4. The molecule has 0 saturated carbocycles. The first-order valence-electron chi connectivity index (χ1n) is 3.36. The molecule has 0 aromatic heterocycles. The highest BCUT2D eigenvalue weighted by molar-refractivity contribution is 4.66. The molecule has 80 valence electrons. The third-order valence-corrected chi connectivity index (χ3v) is 1.22. The molecule has 1 nitrogen and oxygen atoms in total. The number of hydrogen-bond donors (Lipinski definition) is 0. The molecular formula is C6H8F6O. The van der Waals surface area contributed by atoms with Gasteiger partial charge in [0.05, 0.1) is 0 Å². The van der Waals surface area contributed by atoms with Gasteiger partial charge >= 0.3 is 0 Å². The summed E-state index contributed by atoms with van der Waals surface area (Å²) in [5.74, 6) is 0. The van der Waals surface area contributed by atoms with E-state index >= 15 is 0 Å². The molecule has 7 heteroatoms. The fourth-order valence-corrected chi connectivity index (χ4v) is 0.551. The maximum atomic E-state index is 11.7. The van der Waals surface area contributed by atoms with Crippen LogP contribution < -0.4 is 0 Å². The van der Waals surface area contributed by atoms with Crippen LogP contribution in [-0.2, 0) is 4.74 Å². The Morgan fingerprint density at radius 2 is 1.08 bits per heavy atom. The Hall–Kier alpha value is -0.460. The molecule has 0 fully saturated rings. The first-order chi connectivity index (χ1) is 6.02. The van der Waals surface area contributed by atoms with Crippen molar-refractivity contribution < 1.29 is 31.1 Å². The normalized spacial score (nSPS) is 16.6. The van der Waals surface area contributed by atoms with Crippen LogP contribution in [0.15, 0.2) is 0 Å². The van der Waals surface area contributed by atoms with Gasteiger partial charge in [-0.05, 0) is 0 Å². The summed E-state index contributed by atoms with van der Waals surface area (Å²) >= 11 is 0. The van der Waals surface area contributed by atoms with Crippen molar-refractivity contribution in [2.75, 3.05) is 13.3 Å². The molecule has 0 aromatic rings. The number of alkyl halides is 6. The van der Waals surface area contributed by atoms with Gasteiger partial charge in [-0.2, -0.15) is 0 Å². The monoisotopic (exact) mass is 210 g/mol. The van der Waals surface area contributed by atoms with Gasteiger partial charge in [0.2, 0.25) is 0 Å². The van der Waals surface area contributed by atoms with Gasteiger partial charge in [-0.25, -0.2) is 26.3 Å². The number of rotatable bonds is 6. The predicted molar refractivity (Wildman–Crippen MR) is 32.6 cm³/mol. The lowest BCUT2D eigenvalue weighted by atomic mass is 10.3. The van der Waals surface area contributed by atoms with Crippen LogP contribution in [0.4, 0.5) is 26.3 Å². The highest BCUT2D eigenvalue weighted by Gasteiger charge is 2.29. The van der Waals surface area contributed by atoms with Crippen molar-refractivity contribution in [2.45, 2.75) is 25.1 Å². The Bertz CT molecular complexity index is 116. The lowest BCUT2D eigenvalue weighted by Gasteiger charge is -2.19. The van der Waals surface area contributed by atoms with Gasteiger partial charge in [0.15, 0.2) is 0 Å². The summed E-state index contributed by atoms with van der Waals surface area (Å²) in [5.41, 5.74) is 0. The van der Waals surface area contributed by atoms with E-state index in [4.69, 9.17) is 0 Å². The summed E-state index contributed by atoms with van der Waals surface area (Å²) in [6.07, 6.45) is -11.0. The van der Waals surface area contributed by atoms with Crippen LogP contribution in [0.3, 0.4) is 0 Å². The van der Waals surface area contributed by atoms with E-state index in [1.54, 1.807) is 0 Å². The SMILES string of the molecule is FCC(OC(CF)C(F)F)C(F)F. The van der Waals surface area contributed by atoms with Crippen molar-refractivity contribution in [1.82, 2.24) is 0 Å². The van der Waals surface area contributed by atoms with Gasteiger partial charge in [0.25, 0.3) is 12.9 Å². The van der Waals surface area contributed by atoms with E-state index in [0.717, 1.165) is 0 Å². The van der Waals surface area contributed by atoms with Crippen molar-refractivity contribution in [2.24, 2.45) is 0 Å². The minimum absolute atomic E-state index is 1.62. The Balaban J connectivity index is 4.03. The third-order valence-electron chi connectivity index (χ3n) is 1.22. The number of halogens is 6. The second-order valence-electron chi connectivity index (χ2n) is 2.19. The third kappa shape index (κ3) is 4.35. The van der Waals surface area contributed by atoms with E-state index in [9.17, 15) is 26.3 Å². The van der Waals surface area contributed by atoms with Crippen LogP contribution in [0, 0.1) is 0 Å². The summed E-state index contributed by atoms with van der Waals surface area (Å²) in [4.78, 5) is 0. The first kappa shape index (κ1) is 12.5. The molecule has 13 heavy (non-hydrogen) atoms. The topological polar surface area (TPSA) is 9.23 Å². The van der Waals surface area contributed by atoms with Gasteiger partial charge in [0.1, 0.15) is 25.6 Å². The molecule has 0 spiro atoms. The highest BCUT2D eigenvalue weighted by Crippen LogP contribution is 2.14. The quantitative estimate of drug-likeness (QED) is 0.610. The zero-order valence-electron chi connectivity index (χ0n) is 6.40. The summed E-state index contributed by atoms with van der Waals surface area (Å²) < 4.78 is 74.1. The maximum absolute atomic E-state index is 11.7. The van der Waals surface area contributed by atoms with E-state index in [0.29, 0.717) is 0 Å². The van der Waals surface area contributed by atoms with Gasteiger partial charge in [-0.1, -0.05) is 0 Å². The molecule has 0 aromatic carbocycles. The molecule has 2 unspecified atom stereocenters. The van der Waals surface area contributed by atoms with Gasteiger partial charge < -0.3 is 4.74 Å². The smallest absolute Gasteiger partial charge is 0.266 e. The van der Waals surface area contributed by atoms with E-state index < -0.39 is 38.4 Å². The molecule has 0 saturated heterocycles. The minimum Gasteiger partial charge on any atom is -0.358 e. The van der Waals surface area contributed by atoms with Crippen LogP contribution in [0.5, 0.6) is 0 Å². The van der Waals surface area contributed by atoms with Gasteiger partial charge in [0, 0.05) is 0 Å². The van der Waals surface area contributed by atoms with Crippen molar-refractivity contribution in [3.63, 3.8) is 0 Å². The van der Waals surface area contributed by atoms with Gasteiger partial charge in [-0.3, -0.25) is 0 Å². The molecule has 0 amide bonds. The van der Waals surface area contributed by atoms with Gasteiger partial charge in [-0.15, -0.1) is 0 Å². The molecule has 0 radical (unpaired) electrons. The van der Waals surface area contributed by atoms with Crippen LogP contribution in [0.25, 0.3) is 0 Å². The second kappa shape index (κ2) is 6.06. The molecule has 0 heterocycles. The summed E-state index contributed by atoms with van der Waals surface area (Å²) in [5, 5.41) is 0. The average Bonchev–Trinajstić information content (AvgIpc) is 2.05. The summed E-state index contributed by atoms with van der Waals surface area (Å²) in [6.45, 7) is -3.25. The molecule has 2 atom stereocenters. The molecule has 0 N–H and O–H groups in total. The highest BCUT2D eigenvalue weighted by atomic mass is 19.3. The molecule has 0 rings (SSSR count). The van der Waals surface area contributed by atoms with Crippen molar-refractivity contribution in [1.29, 1.82) is 0 Å². The standard InChI is InChI=1S/C6H8F6O/c7-1-3(5(9)10)13-4(2-8)6(11)12/h3-6H,1-2H2. The second-order valence-corrected chi connectivity index (χ2v) is 2.19. The summed E-state index contributed by atoms with van der Waals surface area (Å²) in [7, 11) is 0. The predicted octanol–water partition coefficient (Wildman–Crippen LogP) is 2.21. The fourth-order valence-electron chi connectivity index (χ4n) is 0.551. The molecule has 0 aliphatic carbocycles. The molecular weight excluding hydrogens is 202 g/mol. The van der Waals surface area contributed by atoms with Crippen molar-refractivity contribution >= 4 is 0 Å². The van der Waals surface area contributed by atoms with Crippen LogP contribution in [0.2, 0.25) is 0 Å². The van der Waals surface area contributed by atoms with E-state index in [2.05, 4.69) is 4.74 Å². The Labute approximate surface area is 70.7 Å². The lowest BCUT2D eigenvalue weighted by molar-refractivity contribution is -0.146. The van der Waals surface area contributed by atoms with E-state index in [1.165, 1.54) is 0 Å². The largest absolute Gasteiger partial charge is 0.358 e. The van der Waals surface area contributed by atoms with E-state index in [1.807, 2.05) is 0 Å².